The van der Waals surface area contributed by atoms with Gasteiger partial charge in [-0.05, 0) is 60.2 Å². The molecule has 2 heterocycles. The quantitative estimate of drug-likeness (QED) is 0.190. The third-order valence-electron chi connectivity index (χ3n) is 8.37. The van der Waals surface area contributed by atoms with Gasteiger partial charge in [-0.1, -0.05) is 71.8 Å². The molecule has 4 nitrogen and oxygen atoms in total. The third-order valence-corrected chi connectivity index (χ3v) is 8.86. The van der Waals surface area contributed by atoms with E-state index in [1.54, 1.807) is 91.0 Å². The fraction of sp³-hybridized carbons (Fsp3) is 0.121. The largest absolute Gasteiger partial charge is 0.352 e. The van der Waals surface area contributed by atoms with E-state index in [4.69, 9.17) is 23.2 Å². The Hall–Kier alpha value is -4.06. The summed E-state index contributed by atoms with van der Waals surface area (Å²) < 4.78 is 14.3. The minimum absolute atomic E-state index is 0.286. The summed E-state index contributed by atoms with van der Waals surface area (Å²) in [5.74, 6) is -2.29. The van der Waals surface area contributed by atoms with Gasteiger partial charge in [-0.2, -0.15) is 0 Å². The summed E-state index contributed by atoms with van der Waals surface area (Å²) in [6, 6.07) is 22.8. The summed E-state index contributed by atoms with van der Waals surface area (Å²) >= 11 is 12.6. The predicted molar refractivity (Wildman–Crippen MR) is 153 cm³/mol. The van der Waals surface area contributed by atoms with Crippen LogP contribution in [0.2, 0.25) is 10.0 Å². The van der Waals surface area contributed by atoms with Gasteiger partial charge < -0.3 is 4.90 Å². The number of carbonyl (C=O) groups excluding carboxylic acids is 3. The summed E-state index contributed by atoms with van der Waals surface area (Å²) in [4.78, 5) is 45.5. The maximum Gasteiger partial charge on any atom is 0.185 e. The minimum Gasteiger partial charge on any atom is -0.352 e. The second-order valence-electron chi connectivity index (χ2n) is 10.3. The summed E-state index contributed by atoms with van der Waals surface area (Å²) in [5.41, 5.74) is 1.12. The van der Waals surface area contributed by atoms with E-state index in [1.807, 2.05) is 4.90 Å². The zero-order chi connectivity index (χ0) is 27.8. The molecule has 4 aromatic carbocycles. The number of hydrogen-bond acceptors (Lipinski definition) is 4. The Morgan fingerprint density at radius 1 is 0.800 bits per heavy atom. The standard InChI is InChI=1S/C33H20Cl2FNO3/c34-21-11-8-18(9-12-21)30(38)29-28(20-4-3-5-22(35)16-20)33(31(39)24-6-1-2-7-25(24)32(33)40)27-15-10-19-17-23(36)13-14-26(19)37(27)29/h1-17,27-29H. The Kier molecular flexibility index (Phi) is 5.60. The fourth-order valence-corrected chi connectivity index (χ4v) is 7.13. The van der Waals surface area contributed by atoms with Crippen molar-refractivity contribution in [3.63, 3.8) is 0 Å². The van der Waals surface area contributed by atoms with Gasteiger partial charge in [0.05, 0.1) is 6.04 Å². The topological polar surface area (TPSA) is 54.5 Å². The number of ketones is 3. The van der Waals surface area contributed by atoms with Crippen molar-refractivity contribution in [3.8, 4) is 0 Å². The highest BCUT2D eigenvalue weighted by Crippen LogP contribution is 2.61. The van der Waals surface area contributed by atoms with Gasteiger partial charge >= 0.3 is 0 Å². The number of halogens is 3. The lowest BCUT2D eigenvalue weighted by Crippen LogP contribution is -2.48. The summed E-state index contributed by atoms with van der Waals surface area (Å²) in [7, 11) is 0. The van der Waals surface area contributed by atoms with Crippen LogP contribution in [0.25, 0.3) is 6.08 Å². The van der Waals surface area contributed by atoms with Crippen LogP contribution in [-0.2, 0) is 0 Å². The Bertz CT molecular complexity index is 1750. The molecule has 196 valence electrons. The number of rotatable bonds is 3. The van der Waals surface area contributed by atoms with E-state index < -0.39 is 29.2 Å². The molecule has 7 rings (SSSR count). The normalized spacial score (nSPS) is 21.9. The molecule has 0 radical (unpaired) electrons. The molecule has 2 aliphatic heterocycles. The highest BCUT2D eigenvalue weighted by molar-refractivity contribution is 6.33. The Labute approximate surface area is 239 Å². The molecular formula is C33H20Cl2FNO3. The van der Waals surface area contributed by atoms with Crippen molar-refractivity contribution in [2.24, 2.45) is 5.41 Å². The second kappa shape index (κ2) is 8.98. The Morgan fingerprint density at radius 2 is 1.50 bits per heavy atom. The highest BCUT2D eigenvalue weighted by Gasteiger charge is 2.71. The van der Waals surface area contributed by atoms with Gasteiger partial charge in [0, 0.05) is 43.9 Å². The number of fused-ring (bicyclic) bond motifs is 5. The smallest absolute Gasteiger partial charge is 0.185 e. The van der Waals surface area contributed by atoms with E-state index in [0.29, 0.717) is 43.5 Å². The Balaban J connectivity index is 1.55. The number of benzene rings is 4. The third kappa shape index (κ3) is 3.34. The summed E-state index contributed by atoms with van der Waals surface area (Å²) in [5, 5.41) is 0.894. The van der Waals surface area contributed by atoms with Crippen molar-refractivity contribution in [2.45, 2.75) is 18.0 Å². The summed E-state index contributed by atoms with van der Waals surface area (Å²) in [6.07, 6.45) is 3.49. The van der Waals surface area contributed by atoms with Gasteiger partial charge in [0.1, 0.15) is 17.3 Å². The van der Waals surface area contributed by atoms with Crippen LogP contribution in [0.1, 0.15) is 48.1 Å². The molecule has 0 bridgehead atoms. The van der Waals surface area contributed by atoms with E-state index >= 15 is 0 Å². The molecule has 3 unspecified atom stereocenters. The first kappa shape index (κ1) is 24.9. The lowest BCUT2D eigenvalue weighted by molar-refractivity contribution is 0.0666. The van der Waals surface area contributed by atoms with E-state index in [0.717, 1.165) is 0 Å². The molecule has 3 atom stereocenters. The maximum absolute atomic E-state index is 14.6. The van der Waals surface area contributed by atoms with Crippen LogP contribution in [0.3, 0.4) is 0 Å². The van der Waals surface area contributed by atoms with Crippen molar-refractivity contribution in [1.82, 2.24) is 0 Å². The number of Topliss-reactive ketones (excluding diaryl/α,β-unsaturated/α-hetero) is 3. The first-order chi connectivity index (χ1) is 19.3. The van der Waals surface area contributed by atoms with E-state index in [-0.39, 0.29) is 17.3 Å². The molecule has 0 N–H and O–H groups in total. The molecule has 3 aliphatic rings. The van der Waals surface area contributed by atoms with Gasteiger partial charge in [-0.25, -0.2) is 4.39 Å². The molecule has 0 amide bonds. The van der Waals surface area contributed by atoms with Gasteiger partial charge in [-0.15, -0.1) is 0 Å². The summed E-state index contributed by atoms with van der Waals surface area (Å²) in [6.45, 7) is 0. The van der Waals surface area contributed by atoms with Crippen LogP contribution >= 0.6 is 23.2 Å². The lowest BCUT2D eigenvalue weighted by Gasteiger charge is -2.37. The van der Waals surface area contributed by atoms with Gasteiger partial charge in [0.25, 0.3) is 0 Å². The van der Waals surface area contributed by atoms with Gasteiger partial charge in [0.2, 0.25) is 0 Å². The van der Waals surface area contributed by atoms with E-state index in [1.165, 1.54) is 12.1 Å². The molecule has 1 spiro atoms. The molecule has 40 heavy (non-hydrogen) atoms. The van der Waals surface area contributed by atoms with Crippen molar-refractivity contribution < 1.29 is 18.8 Å². The molecule has 0 aromatic heterocycles. The number of hydrogen-bond donors (Lipinski definition) is 0. The first-order valence-electron chi connectivity index (χ1n) is 12.8. The molecule has 0 saturated carbocycles. The zero-order valence-electron chi connectivity index (χ0n) is 20.9. The molecular weight excluding hydrogens is 548 g/mol. The molecule has 1 saturated heterocycles. The van der Waals surface area contributed by atoms with E-state index in [2.05, 4.69) is 0 Å². The predicted octanol–water partition coefficient (Wildman–Crippen LogP) is 7.45. The zero-order valence-corrected chi connectivity index (χ0v) is 22.4. The van der Waals surface area contributed by atoms with Crippen LogP contribution in [0.4, 0.5) is 10.1 Å². The fourth-order valence-electron chi connectivity index (χ4n) is 6.81. The van der Waals surface area contributed by atoms with E-state index in [9.17, 15) is 18.8 Å². The van der Waals surface area contributed by atoms with Crippen molar-refractivity contribution in [2.75, 3.05) is 4.90 Å². The van der Waals surface area contributed by atoms with Crippen LogP contribution in [0.15, 0.2) is 97.1 Å². The van der Waals surface area contributed by atoms with Crippen molar-refractivity contribution >= 4 is 52.3 Å². The molecule has 7 heteroatoms. The number of nitrogens with zero attached hydrogens (tertiary/aromatic N) is 1. The number of carbonyl (C=O) groups is 3. The van der Waals surface area contributed by atoms with Crippen LogP contribution in [0.5, 0.6) is 0 Å². The average Bonchev–Trinajstić information content (AvgIpc) is 3.39. The van der Waals surface area contributed by atoms with Crippen molar-refractivity contribution in [1.29, 1.82) is 0 Å². The lowest BCUT2D eigenvalue weighted by atomic mass is 9.64. The highest BCUT2D eigenvalue weighted by atomic mass is 35.5. The number of anilines is 1. The van der Waals surface area contributed by atoms with Crippen LogP contribution in [-0.4, -0.2) is 29.4 Å². The second-order valence-corrected chi connectivity index (χ2v) is 11.2. The SMILES string of the molecule is O=C(c1ccc(Cl)cc1)C1C(c2cccc(Cl)c2)C2(C(=O)c3ccccc3C2=O)C2C=Cc3cc(F)ccc3N12. The van der Waals surface area contributed by atoms with Crippen LogP contribution < -0.4 is 4.90 Å². The Morgan fingerprint density at radius 3 is 2.17 bits per heavy atom. The van der Waals surface area contributed by atoms with Gasteiger partial charge in [0.15, 0.2) is 17.3 Å². The minimum atomic E-state index is -1.65. The molecule has 4 aromatic rings. The van der Waals surface area contributed by atoms with Crippen molar-refractivity contribution in [3.05, 3.63) is 141 Å². The average molecular weight is 568 g/mol. The van der Waals surface area contributed by atoms with Gasteiger partial charge in [-0.3, -0.25) is 14.4 Å². The molecule has 1 fully saturated rings. The first-order valence-corrected chi connectivity index (χ1v) is 13.6. The maximum atomic E-state index is 14.6. The monoisotopic (exact) mass is 567 g/mol. The van der Waals surface area contributed by atoms with Crippen LogP contribution in [0, 0.1) is 11.2 Å². The molecule has 1 aliphatic carbocycles.